The standard InChI is InChI=1S/C13H12N2O3S/c1-2-18-12(16)5-10-8-19-13-14-11(6-15(10)13)9-3-4-17-7-9/h3-4,6-8H,2,5H2,1H3. The zero-order valence-corrected chi connectivity index (χ0v) is 11.1. The molecule has 0 radical (unpaired) electrons. The number of thiazole rings is 1. The van der Waals surface area contributed by atoms with E-state index in [9.17, 15) is 4.79 Å². The second kappa shape index (κ2) is 4.89. The highest BCUT2D eigenvalue weighted by Gasteiger charge is 2.13. The molecule has 0 aliphatic heterocycles. The quantitative estimate of drug-likeness (QED) is 0.687. The molecule has 5 nitrogen and oxygen atoms in total. The fraction of sp³-hybridized carbons (Fsp3) is 0.231. The summed E-state index contributed by atoms with van der Waals surface area (Å²) < 4.78 is 11.9. The highest BCUT2D eigenvalue weighted by Crippen LogP contribution is 2.24. The first-order valence-electron chi connectivity index (χ1n) is 5.91. The molecule has 0 bridgehead atoms. The summed E-state index contributed by atoms with van der Waals surface area (Å²) in [5.74, 6) is -0.222. The lowest BCUT2D eigenvalue weighted by molar-refractivity contribution is -0.142. The van der Waals surface area contributed by atoms with Gasteiger partial charge in [0.2, 0.25) is 0 Å². The van der Waals surface area contributed by atoms with E-state index < -0.39 is 0 Å². The molecule has 0 amide bonds. The molecule has 3 heterocycles. The van der Waals surface area contributed by atoms with Crippen LogP contribution in [0.3, 0.4) is 0 Å². The van der Waals surface area contributed by atoms with Crippen molar-refractivity contribution in [3.63, 3.8) is 0 Å². The lowest BCUT2D eigenvalue weighted by Gasteiger charge is -2.00. The number of nitrogens with zero attached hydrogens (tertiary/aromatic N) is 2. The van der Waals surface area contributed by atoms with Crippen molar-refractivity contribution in [1.29, 1.82) is 0 Å². The zero-order valence-electron chi connectivity index (χ0n) is 10.3. The van der Waals surface area contributed by atoms with Crippen LogP contribution >= 0.6 is 11.3 Å². The summed E-state index contributed by atoms with van der Waals surface area (Å²) in [5.41, 5.74) is 2.66. The third kappa shape index (κ3) is 2.26. The van der Waals surface area contributed by atoms with Gasteiger partial charge in [0.05, 0.1) is 31.2 Å². The maximum Gasteiger partial charge on any atom is 0.311 e. The highest BCUT2D eigenvalue weighted by molar-refractivity contribution is 7.15. The van der Waals surface area contributed by atoms with Crippen LogP contribution in [0, 0.1) is 0 Å². The minimum atomic E-state index is -0.222. The number of rotatable bonds is 4. The number of imidazole rings is 1. The van der Waals surface area contributed by atoms with Gasteiger partial charge in [-0.15, -0.1) is 11.3 Å². The number of carbonyl (C=O) groups excluding carboxylic acids is 1. The number of esters is 1. The van der Waals surface area contributed by atoms with E-state index in [1.165, 1.54) is 11.3 Å². The zero-order chi connectivity index (χ0) is 13.2. The molecule has 0 spiro atoms. The molecular formula is C13H12N2O3S. The van der Waals surface area contributed by atoms with Gasteiger partial charge < -0.3 is 9.15 Å². The van der Waals surface area contributed by atoms with Crippen LogP contribution in [0.25, 0.3) is 16.2 Å². The van der Waals surface area contributed by atoms with E-state index in [-0.39, 0.29) is 12.4 Å². The van der Waals surface area contributed by atoms with Crippen LogP contribution in [-0.2, 0) is 16.0 Å². The molecule has 0 fully saturated rings. The lowest BCUT2D eigenvalue weighted by atomic mass is 10.3. The summed E-state index contributed by atoms with van der Waals surface area (Å²) >= 11 is 1.51. The summed E-state index contributed by atoms with van der Waals surface area (Å²) in [6.45, 7) is 2.20. The SMILES string of the molecule is CCOC(=O)Cc1csc2nc(-c3ccoc3)cn12. The maximum absolute atomic E-state index is 11.5. The van der Waals surface area contributed by atoms with Gasteiger partial charge in [-0.05, 0) is 13.0 Å². The fourth-order valence-electron chi connectivity index (χ4n) is 1.87. The Bertz CT molecular complexity index is 697. The third-order valence-corrected chi connectivity index (χ3v) is 3.62. The van der Waals surface area contributed by atoms with Crippen LogP contribution in [0.4, 0.5) is 0 Å². The van der Waals surface area contributed by atoms with Crippen molar-refractivity contribution >= 4 is 22.3 Å². The predicted molar refractivity (Wildman–Crippen MR) is 71.1 cm³/mol. The lowest BCUT2D eigenvalue weighted by Crippen LogP contribution is -2.08. The van der Waals surface area contributed by atoms with Crippen LogP contribution in [0.1, 0.15) is 12.6 Å². The third-order valence-electron chi connectivity index (χ3n) is 2.73. The molecule has 6 heteroatoms. The molecule has 0 aliphatic rings. The van der Waals surface area contributed by atoms with Crippen LogP contribution in [0.2, 0.25) is 0 Å². The van der Waals surface area contributed by atoms with Gasteiger partial charge in [0, 0.05) is 22.8 Å². The number of hydrogen-bond donors (Lipinski definition) is 0. The molecule has 0 aliphatic carbocycles. The van der Waals surface area contributed by atoms with Gasteiger partial charge >= 0.3 is 5.97 Å². The molecule has 3 rings (SSSR count). The van der Waals surface area contributed by atoms with Gasteiger partial charge in [-0.1, -0.05) is 0 Å². The van der Waals surface area contributed by atoms with Gasteiger partial charge in [-0.2, -0.15) is 0 Å². The van der Waals surface area contributed by atoms with Crippen LogP contribution in [-0.4, -0.2) is 22.0 Å². The number of aromatic nitrogens is 2. The normalized spacial score (nSPS) is 11.0. The Labute approximate surface area is 113 Å². The molecule has 3 aromatic rings. The van der Waals surface area contributed by atoms with E-state index in [0.29, 0.717) is 6.61 Å². The predicted octanol–water partition coefficient (Wildman–Crippen LogP) is 2.76. The van der Waals surface area contributed by atoms with Crippen molar-refractivity contribution in [3.05, 3.63) is 35.9 Å². The van der Waals surface area contributed by atoms with E-state index in [0.717, 1.165) is 21.9 Å². The van der Waals surface area contributed by atoms with Gasteiger partial charge in [0.25, 0.3) is 0 Å². The number of hydrogen-bond acceptors (Lipinski definition) is 5. The Morgan fingerprint density at radius 3 is 3.21 bits per heavy atom. The van der Waals surface area contributed by atoms with Crippen molar-refractivity contribution in [2.45, 2.75) is 13.3 Å². The van der Waals surface area contributed by atoms with E-state index in [2.05, 4.69) is 4.98 Å². The smallest absolute Gasteiger partial charge is 0.311 e. The second-order valence-corrected chi connectivity index (χ2v) is 4.84. The molecule has 0 saturated heterocycles. The number of ether oxygens (including phenoxy) is 1. The second-order valence-electron chi connectivity index (χ2n) is 4.00. The van der Waals surface area contributed by atoms with Gasteiger partial charge in [-0.25, -0.2) is 4.98 Å². The summed E-state index contributed by atoms with van der Waals surface area (Å²) in [5, 5.41) is 1.93. The molecule has 0 aromatic carbocycles. The van der Waals surface area contributed by atoms with E-state index >= 15 is 0 Å². The molecular weight excluding hydrogens is 264 g/mol. The Kier molecular flexibility index (Phi) is 3.08. The molecule has 19 heavy (non-hydrogen) atoms. The summed E-state index contributed by atoms with van der Waals surface area (Å²) in [7, 11) is 0. The van der Waals surface area contributed by atoms with Gasteiger partial charge in [0.1, 0.15) is 0 Å². The van der Waals surface area contributed by atoms with E-state index in [1.807, 2.05) is 22.0 Å². The molecule has 3 aromatic heterocycles. The fourth-order valence-corrected chi connectivity index (χ4v) is 2.74. The first kappa shape index (κ1) is 12.0. The minimum absolute atomic E-state index is 0.222. The maximum atomic E-state index is 11.5. The summed E-state index contributed by atoms with van der Waals surface area (Å²) in [6.07, 6.45) is 5.43. The van der Waals surface area contributed by atoms with Crippen molar-refractivity contribution in [1.82, 2.24) is 9.38 Å². The van der Waals surface area contributed by atoms with Gasteiger partial charge in [0.15, 0.2) is 4.96 Å². The van der Waals surface area contributed by atoms with E-state index in [4.69, 9.17) is 9.15 Å². The Hall–Kier alpha value is -2.08. The number of carbonyl (C=O) groups is 1. The number of fused-ring (bicyclic) bond motifs is 1. The molecule has 0 unspecified atom stereocenters. The van der Waals surface area contributed by atoms with Crippen molar-refractivity contribution < 1.29 is 13.9 Å². The van der Waals surface area contributed by atoms with E-state index in [1.54, 1.807) is 19.5 Å². The Morgan fingerprint density at radius 2 is 2.47 bits per heavy atom. The van der Waals surface area contributed by atoms with Crippen LogP contribution in [0.5, 0.6) is 0 Å². The monoisotopic (exact) mass is 276 g/mol. The van der Waals surface area contributed by atoms with Crippen LogP contribution in [0.15, 0.2) is 34.6 Å². The molecule has 0 saturated carbocycles. The first-order chi connectivity index (χ1) is 9.28. The Morgan fingerprint density at radius 1 is 1.58 bits per heavy atom. The summed E-state index contributed by atoms with van der Waals surface area (Å²) in [6, 6.07) is 1.86. The number of furan rings is 1. The highest BCUT2D eigenvalue weighted by atomic mass is 32.1. The summed E-state index contributed by atoms with van der Waals surface area (Å²) in [4.78, 5) is 16.9. The van der Waals surface area contributed by atoms with Crippen LogP contribution < -0.4 is 0 Å². The molecule has 98 valence electrons. The molecule has 0 N–H and O–H groups in total. The average molecular weight is 276 g/mol. The molecule has 0 atom stereocenters. The van der Waals surface area contributed by atoms with Crippen molar-refractivity contribution in [3.8, 4) is 11.3 Å². The average Bonchev–Trinajstić information content (AvgIpc) is 3.05. The topological polar surface area (TPSA) is 56.7 Å². The largest absolute Gasteiger partial charge is 0.472 e. The minimum Gasteiger partial charge on any atom is -0.472 e. The van der Waals surface area contributed by atoms with Crippen molar-refractivity contribution in [2.24, 2.45) is 0 Å². The Balaban J connectivity index is 1.92. The van der Waals surface area contributed by atoms with Crippen molar-refractivity contribution in [2.75, 3.05) is 6.61 Å². The van der Waals surface area contributed by atoms with Gasteiger partial charge in [-0.3, -0.25) is 9.20 Å². The first-order valence-corrected chi connectivity index (χ1v) is 6.79.